The predicted molar refractivity (Wildman–Crippen MR) is 72.3 cm³/mol. The smallest absolute Gasteiger partial charge is 0.106 e. The predicted octanol–water partition coefficient (Wildman–Crippen LogP) is 3.14. The molecule has 2 rings (SSSR count). The van der Waals surface area contributed by atoms with Crippen molar-refractivity contribution in [1.82, 2.24) is 15.3 Å². The first kappa shape index (κ1) is 12.3. The molecule has 0 saturated heterocycles. The van der Waals surface area contributed by atoms with Gasteiger partial charge in [-0.1, -0.05) is 13.0 Å². The van der Waals surface area contributed by atoms with Crippen molar-refractivity contribution < 1.29 is 0 Å². The molecule has 2 N–H and O–H groups in total. The Morgan fingerprint density at radius 2 is 2.47 bits per heavy atom. The zero-order valence-electron chi connectivity index (χ0n) is 10.1. The van der Waals surface area contributed by atoms with Crippen LogP contribution in [0.15, 0.2) is 29.9 Å². The second-order valence-electron chi connectivity index (χ2n) is 4.07. The van der Waals surface area contributed by atoms with E-state index < -0.39 is 0 Å². The summed E-state index contributed by atoms with van der Waals surface area (Å²) < 4.78 is 0. The molecule has 1 atom stereocenters. The summed E-state index contributed by atoms with van der Waals surface area (Å²) in [6, 6.07) is 4.83. The van der Waals surface area contributed by atoms with Crippen LogP contribution in [0.1, 0.15) is 36.5 Å². The number of imidazole rings is 1. The van der Waals surface area contributed by atoms with Gasteiger partial charge < -0.3 is 10.3 Å². The van der Waals surface area contributed by atoms with Gasteiger partial charge in [0.1, 0.15) is 5.82 Å². The fourth-order valence-corrected chi connectivity index (χ4v) is 2.79. The molecule has 0 aliphatic heterocycles. The van der Waals surface area contributed by atoms with E-state index in [1.54, 1.807) is 0 Å². The molecule has 0 aliphatic carbocycles. The summed E-state index contributed by atoms with van der Waals surface area (Å²) in [7, 11) is 0. The van der Waals surface area contributed by atoms with Crippen molar-refractivity contribution in [1.29, 1.82) is 0 Å². The molecule has 2 aromatic rings. The first-order valence-electron chi connectivity index (χ1n) is 6.15. The van der Waals surface area contributed by atoms with Gasteiger partial charge in [-0.2, -0.15) is 0 Å². The molecule has 3 nitrogen and oxygen atoms in total. The summed E-state index contributed by atoms with van der Waals surface area (Å²) in [5.74, 6) is 1.08. The lowest BCUT2D eigenvalue weighted by Crippen LogP contribution is -2.21. The molecule has 0 spiro atoms. The number of rotatable bonds is 7. The molecule has 2 heterocycles. The Morgan fingerprint density at radius 1 is 1.53 bits per heavy atom. The molecular formula is C13H19N3S. The summed E-state index contributed by atoms with van der Waals surface area (Å²) in [5, 5.41) is 5.74. The van der Waals surface area contributed by atoms with Gasteiger partial charge in [0.2, 0.25) is 0 Å². The van der Waals surface area contributed by atoms with Crippen LogP contribution in [0.4, 0.5) is 0 Å². The van der Waals surface area contributed by atoms with Crippen molar-refractivity contribution in [3.05, 3.63) is 40.6 Å². The van der Waals surface area contributed by atoms with Crippen molar-refractivity contribution >= 4 is 11.3 Å². The molecule has 0 bridgehead atoms. The van der Waals surface area contributed by atoms with Crippen LogP contribution >= 0.6 is 11.3 Å². The number of aromatic nitrogens is 2. The Hall–Kier alpha value is -1.13. The van der Waals surface area contributed by atoms with Gasteiger partial charge in [0.15, 0.2) is 0 Å². The van der Waals surface area contributed by atoms with E-state index in [1.807, 2.05) is 23.7 Å². The van der Waals surface area contributed by atoms with E-state index in [0.717, 1.165) is 31.6 Å². The van der Waals surface area contributed by atoms with E-state index in [4.69, 9.17) is 0 Å². The minimum absolute atomic E-state index is 0.506. The van der Waals surface area contributed by atoms with Gasteiger partial charge in [-0.15, -0.1) is 11.3 Å². The van der Waals surface area contributed by atoms with Crippen LogP contribution in [-0.4, -0.2) is 16.5 Å². The zero-order valence-corrected chi connectivity index (χ0v) is 11.0. The second kappa shape index (κ2) is 6.57. The topological polar surface area (TPSA) is 40.7 Å². The maximum atomic E-state index is 4.22. The number of thiophene rings is 1. The Kier molecular flexibility index (Phi) is 4.76. The summed E-state index contributed by atoms with van der Waals surface area (Å²) in [4.78, 5) is 8.79. The Bertz CT molecular complexity index is 394. The summed E-state index contributed by atoms with van der Waals surface area (Å²) in [6.45, 7) is 3.26. The van der Waals surface area contributed by atoms with Gasteiger partial charge in [0.25, 0.3) is 0 Å². The second-order valence-corrected chi connectivity index (χ2v) is 5.05. The van der Waals surface area contributed by atoms with Crippen molar-refractivity contribution in [3.8, 4) is 0 Å². The van der Waals surface area contributed by atoms with Crippen LogP contribution in [0.3, 0.4) is 0 Å². The van der Waals surface area contributed by atoms with Gasteiger partial charge in [0, 0.05) is 29.7 Å². The molecule has 0 aromatic carbocycles. The van der Waals surface area contributed by atoms with Crippen molar-refractivity contribution in [2.24, 2.45) is 0 Å². The van der Waals surface area contributed by atoms with E-state index in [2.05, 4.69) is 39.7 Å². The highest BCUT2D eigenvalue weighted by Crippen LogP contribution is 2.21. The van der Waals surface area contributed by atoms with Crippen molar-refractivity contribution in [2.45, 2.75) is 32.2 Å². The molecule has 2 aromatic heterocycles. The van der Waals surface area contributed by atoms with Gasteiger partial charge in [0.05, 0.1) is 0 Å². The standard InChI is InChI=1S/C13H19N3S/c1-2-11(12-5-4-10-17-12)14-7-3-6-13-15-8-9-16-13/h4-5,8-11,14H,2-3,6-7H2,1H3,(H,15,16). The Labute approximate surface area is 106 Å². The fourth-order valence-electron chi connectivity index (χ4n) is 1.90. The number of aromatic amines is 1. The largest absolute Gasteiger partial charge is 0.349 e. The number of H-pyrrole nitrogens is 1. The lowest BCUT2D eigenvalue weighted by Gasteiger charge is -2.14. The maximum absolute atomic E-state index is 4.22. The van der Waals surface area contributed by atoms with E-state index >= 15 is 0 Å². The van der Waals surface area contributed by atoms with E-state index in [9.17, 15) is 0 Å². The van der Waals surface area contributed by atoms with E-state index in [1.165, 1.54) is 4.88 Å². The molecule has 1 unspecified atom stereocenters. The molecule has 0 aliphatic rings. The first-order chi connectivity index (χ1) is 8.40. The third-order valence-corrected chi connectivity index (χ3v) is 3.82. The molecule has 4 heteroatoms. The summed E-state index contributed by atoms with van der Waals surface area (Å²) in [6.07, 6.45) is 6.96. The van der Waals surface area contributed by atoms with Gasteiger partial charge >= 0.3 is 0 Å². The summed E-state index contributed by atoms with van der Waals surface area (Å²) in [5.41, 5.74) is 0. The Balaban J connectivity index is 1.70. The van der Waals surface area contributed by atoms with Crippen LogP contribution < -0.4 is 5.32 Å². The fraction of sp³-hybridized carbons (Fsp3) is 0.462. The van der Waals surface area contributed by atoms with Crippen LogP contribution in [0, 0.1) is 0 Å². The van der Waals surface area contributed by atoms with Gasteiger partial charge in [-0.05, 0) is 30.8 Å². The number of aryl methyl sites for hydroxylation is 1. The molecule has 92 valence electrons. The highest BCUT2D eigenvalue weighted by atomic mass is 32.1. The van der Waals surface area contributed by atoms with Gasteiger partial charge in [-0.25, -0.2) is 4.98 Å². The average Bonchev–Trinajstić information content (AvgIpc) is 3.01. The monoisotopic (exact) mass is 249 g/mol. The molecule has 0 fully saturated rings. The molecular weight excluding hydrogens is 230 g/mol. The quantitative estimate of drug-likeness (QED) is 0.740. The highest BCUT2D eigenvalue weighted by molar-refractivity contribution is 7.10. The normalized spacial score (nSPS) is 12.8. The maximum Gasteiger partial charge on any atom is 0.106 e. The van der Waals surface area contributed by atoms with Crippen LogP contribution in [-0.2, 0) is 6.42 Å². The third-order valence-electron chi connectivity index (χ3n) is 2.83. The first-order valence-corrected chi connectivity index (χ1v) is 7.03. The average molecular weight is 249 g/mol. The minimum Gasteiger partial charge on any atom is -0.349 e. The van der Waals surface area contributed by atoms with Crippen LogP contribution in [0.2, 0.25) is 0 Å². The number of nitrogens with zero attached hydrogens (tertiary/aromatic N) is 1. The van der Waals surface area contributed by atoms with Crippen molar-refractivity contribution in [3.63, 3.8) is 0 Å². The molecule has 0 amide bonds. The van der Waals surface area contributed by atoms with Crippen molar-refractivity contribution in [2.75, 3.05) is 6.54 Å². The zero-order chi connectivity index (χ0) is 11.9. The number of nitrogens with one attached hydrogen (secondary N) is 2. The van der Waals surface area contributed by atoms with E-state index in [0.29, 0.717) is 6.04 Å². The van der Waals surface area contributed by atoms with E-state index in [-0.39, 0.29) is 0 Å². The van der Waals surface area contributed by atoms with Crippen LogP contribution in [0.25, 0.3) is 0 Å². The third kappa shape index (κ3) is 3.68. The number of hydrogen-bond acceptors (Lipinski definition) is 3. The Morgan fingerprint density at radius 3 is 3.12 bits per heavy atom. The lowest BCUT2D eigenvalue weighted by atomic mass is 10.2. The van der Waals surface area contributed by atoms with Gasteiger partial charge in [-0.3, -0.25) is 0 Å². The lowest BCUT2D eigenvalue weighted by molar-refractivity contribution is 0.515. The summed E-state index contributed by atoms with van der Waals surface area (Å²) >= 11 is 1.83. The SMILES string of the molecule is CCC(NCCCc1ncc[nH]1)c1cccs1. The molecule has 0 radical (unpaired) electrons. The molecule has 0 saturated carbocycles. The minimum atomic E-state index is 0.506. The van der Waals surface area contributed by atoms with Crippen LogP contribution in [0.5, 0.6) is 0 Å². The number of hydrogen-bond donors (Lipinski definition) is 2. The molecule has 17 heavy (non-hydrogen) atoms. The highest BCUT2D eigenvalue weighted by Gasteiger charge is 2.08.